The fourth-order valence-electron chi connectivity index (χ4n) is 4.14. The highest BCUT2D eigenvalue weighted by atomic mass is 16.5. The highest BCUT2D eigenvalue weighted by Crippen LogP contribution is 2.39. The quantitative estimate of drug-likeness (QED) is 0.698. The van der Waals surface area contributed by atoms with Gasteiger partial charge >= 0.3 is 0 Å². The Labute approximate surface area is 175 Å². The maximum absolute atomic E-state index is 12.5. The van der Waals surface area contributed by atoms with Crippen molar-refractivity contribution in [2.24, 2.45) is 7.05 Å². The second kappa shape index (κ2) is 8.45. The second-order valence-corrected chi connectivity index (χ2v) is 7.75. The van der Waals surface area contributed by atoms with Crippen molar-refractivity contribution in [3.8, 4) is 22.6 Å². The zero-order valence-electron chi connectivity index (χ0n) is 17.6. The predicted octanol–water partition coefficient (Wildman–Crippen LogP) is 2.57. The minimum absolute atomic E-state index is 0.0864. The molecule has 0 saturated carbocycles. The van der Waals surface area contributed by atoms with E-state index < -0.39 is 0 Å². The molecule has 0 aliphatic carbocycles. The summed E-state index contributed by atoms with van der Waals surface area (Å²) in [6.45, 7) is 2.43. The molecule has 0 radical (unpaired) electrons. The van der Waals surface area contributed by atoms with Gasteiger partial charge in [0.05, 0.1) is 25.7 Å². The van der Waals surface area contributed by atoms with Crippen molar-refractivity contribution in [1.29, 1.82) is 0 Å². The SMILES string of the molecule is COc1cc(-c2cn(C)c(=O)c3cnccc23)c(OC)cc1CN1CCC(O)CC1. The topological polar surface area (TPSA) is 76.8 Å². The van der Waals surface area contributed by atoms with Crippen molar-refractivity contribution < 1.29 is 14.6 Å². The number of ether oxygens (including phenoxy) is 2. The van der Waals surface area contributed by atoms with E-state index in [0.717, 1.165) is 66.1 Å². The first kappa shape index (κ1) is 20.4. The van der Waals surface area contributed by atoms with E-state index in [2.05, 4.69) is 9.88 Å². The molecule has 158 valence electrons. The number of pyridine rings is 2. The molecule has 7 heteroatoms. The Kier molecular flexibility index (Phi) is 5.74. The van der Waals surface area contributed by atoms with Gasteiger partial charge in [0.15, 0.2) is 0 Å². The average Bonchev–Trinajstić information content (AvgIpc) is 2.77. The average molecular weight is 409 g/mol. The highest BCUT2D eigenvalue weighted by molar-refractivity contribution is 5.97. The Balaban J connectivity index is 1.81. The molecule has 3 aromatic rings. The van der Waals surface area contributed by atoms with Crippen LogP contribution in [-0.2, 0) is 13.6 Å². The summed E-state index contributed by atoms with van der Waals surface area (Å²) in [5.74, 6) is 1.49. The van der Waals surface area contributed by atoms with E-state index in [0.29, 0.717) is 5.39 Å². The molecular weight excluding hydrogens is 382 g/mol. The van der Waals surface area contributed by atoms with Gasteiger partial charge in [0, 0.05) is 62.0 Å². The smallest absolute Gasteiger partial charge is 0.259 e. The zero-order valence-corrected chi connectivity index (χ0v) is 17.6. The van der Waals surface area contributed by atoms with Gasteiger partial charge in [-0.25, -0.2) is 0 Å². The summed E-state index contributed by atoms with van der Waals surface area (Å²) in [6, 6.07) is 5.84. The molecule has 2 aromatic heterocycles. The van der Waals surface area contributed by atoms with Crippen LogP contribution in [0.15, 0.2) is 41.6 Å². The Morgan fingerprint density at radius 2 is 1.83 bits per heavy atom. The molecule has 0 unspecified atom stereocenters. The number of aryl methyl sites for hydroxylation is 1. The van der Waals surface area contributed by atoms with Gasteiger partial charge in [-0.2, -0.15) is 0 Å². The molecule has 1 aliphatic rings. The van der Waals surface area contributed by atoms with Gasteiger partial charge in [0.25, 0.3) is 5.56 Å². The third-order valence-corrected chi connectivity index (χ3v) is 5.83. The fourth-order valence-corrected chi connectivity index (χ4v) is 4.14. The molecule has 4 rings (SSSR count). The molecule has 1 aromatic carbocycles. The summed E-state index contributed by atoms with van der Waals surface area (Å²) in [6.07, 6.45) is 6.49. The number of methoxy groups -OCH3 is 2. The van der Waals surface area contributed by atoms with E-state index in [1.54, 1.807) is 38.2 Å². The molecule has 3 heterocycles. The Morgan fingerprint density at radius 3 is 2.53 bits per heavy atom. The number of hydrogen-bond donors (Lipinski definition) is 1. The number of likely N-dealkylation sites (tertiary alicyclic amines) is 1. The summed E-state index contributed by atoms with van der Waals surface area (Å²) in [4.78, 5) is 19.0. The number of aliphatic hydroxyl groups is 1. The largest absolute Gasteiger partial charge is 0.496 e. The van der Waals surface area contributed by atoms with Crippen LogP contribution < -0.4 is 15.0 Å². The highest BCUT2D eigenvalue weighted by Gasteiger charge is 2.21. The van der Waals surface area contributed by atoms with Gasteiger partial charge in [0.2, 0.25) is 0 Å². The molecule has 0 amide bonds. The van der Waals surface area contributed by atoms with Crippen LogP contribution in [0.5, 0.6) is 11.5 Å². The van der Waals surface area contributed by atoms with Crippen molar-refractivity contribution >= 4 is 10.8 Å². The molecule has 1 aliphatic heterocycles. The summed E-state index contributed by atoms with van der Waals surface area (Å²) >= 11 is 0. The summed E-state index contributed by atoms with van der Waals surface area (Å²) in [5, 5.41) is 11.2. The van der Waals surface area contributed by atoms with Crippen LogP contribution in [0.2, 0.25) is 0 Å². The second-order valence-electron chi connectivity index (χ2n) is 7.75. The Hall–Kier alpha value is -2.90. The zero-order chi connectivity index (χ0) is 21.3. The number of aliphatic hydroxyl groups excluding tert-OH is 1. The number of nitrogens with zero attached hydrogens (tertiary/aromatic N) is 3. The van der Waals surface area contributed by atoms with Gasteiger partial charge in [-0.05, 0) is 36.4 Å². The van der Waals surface area contributed by atoms with Gasteiger partial charge < -0.3 is 19.1 Å². The first-order valence-electron chi connectivity index (χ1n) is 10.1. The molecule has 1 saturated heterocycles. The summed E-state index contributed by atoms with van der Waals surface area (Å²) in [7, 11) is 5.05. The number of rotatable bonds is 5. The van der Waals surface area contributed by atoms with E-state index in [4.69, 9.17) is 9.47 Å². The predicted molar refractivity (Wildman–Crippen MR) is 116 cm³/mol. The van der Waals surface area contributed by atoms with Crippen LogP contribution in [0, 0.1) is 0 Å². The third kappa shape index (κ3) is 3.78. The van der Waals surface area contributed by atoms with Crippen molar-refractivity contribution in [1.82, 2.24) is 14.5 Å². The van der Waals surface area contributed by atoms with Crippen LogP contribution in [0.1, 0.15) is 18.4 Å². The van der Waals surface area contributed by atoms with E-state index in [-0.39, 0.29) is 11.7 Å². The number of piperidine rings is 1. The Morgan fingerprint density at radius 1 is 1.10 bits per heavy atom. The molecule has 0 bridgehead atoms. The molecule has 30 heavy (non-hydrogen) atoms. The van der Waals surface area contributed by atoms with Crippen molar-refractivity contribution in [3.05, 3.63) is 52.7 Å². The maximum Gasteiger partial charge on any atom is 0.259 e. The lowest BCUT2D eigenvalue weighted by Crippen LogP contribution is -2.35. The van der Waals surface area contributed by atoms with Gasteiger partial charge in [-0.1, -0.05) is 0 Å². The van der Waals surface area contributed by atoms with E-state index in [9.17, 15) is 9.90 Å². The normalized spacial score (nSPS) is 15.5. The number of fused-ring (bicyclic) bond motifs is 1. The van der Waals surface area contributed by atoms with Gasteiger partial charge in [-0.15, -0.1) is 0 Å². The van der Waals surface area contributed by atoms with Crippen LogP contribution in [0.25, 0.3) is 21.9 Å². The number of hydrogen-bond acceptors (Lipinski definition) is 6. The standard InChI is InChI=1S/C23H27N3O4/c1-25-14-20(17-4-7-24-12-19(17)23(25)28)18-11-21(29-2)15(10-22(18)30-3)13-26-8-5-16(27)6-9-26/h4,7,10-12,14,16,27H,5-6,8-9,13H2,1-3H3. The fraction of sp³-hybridized carbons (Fsp3) is 0.391. The lowest BCUT2D eigenvalue weighted by molar-refractivity contribution is 0.0788. The van der Waals surface area contributed by atoms with Crippen LogP contribution >= 0.6 is 0 Å². The third-order valence-electron chi connectivity index (χ3n) is 5.83. The monoisotopic (exact) mass is 409 g/mol. The lowest BCUT2D eigenvalue weighted by Gasteiger charge is -2.30. The first-order chi connectivity index (χ1) is 14.5. The molecule has 0 spiro atoms. The van der Waals surface area contributed by atoms with Crippen LogP contribution in [-0.4, -0.2) is 53.0 Å². The maximum atomic E-state index is 12.5. The van der Waals surface area contributed by atoms with Crippen molar-refractivity contribution in [2.75, 3.05) is 27.3 Å². The molecule has 1 fully saturated rings. The molecular formula is C23H27N3O4. The lowest BCUT2D eigenvalue weighted by atomic mass is 9.98. The van der Waals surface area contributed by atoms with Gasteiger partial charge in [-0.3, -0.25) is 14.7 Å². The molecule has 7 nitrogen and oxygen atoms in total. The van der Waals surface area contributed by atoms with Crippen LogP contribution in [0.3, 0.4) is 0 Å². The number of aromatic nitrogens is 2. The van der Waals surface area contributed by atoms with Crippen LogP contribution in [0.4, 0.5) is 0 Å². The minimum atomic E-state index is -0.201. The van der Waals surface area contributed by atoms with Gasteiger partial charge in [0.1, 0.15) is 11.5 Å². The Bertz CT molecular complexity index is 1120. The van der Waals surface area contributed by atoms with Crippen molar-refractivity contribution in [3.63, 3.8) is 0 Å². The van der Waals surface area contributed by atoms with Crippen molar-refractivity contribution in [2.45, 2.75) is 25.5 Å². The molecule has 0 atom stereocenters. The first-order valence-corrected chi connectivity index (χ1v) is 10.1. The van der Waals surface area contributed by atoms with E-state index in [1.807, 2.05) is 24.4 Å². The number of benzene rings is 1. The minimum Gasteiger partial charge on any atom is -0.496 e. The van der Waals surface area contributed by atoms with E-state index in [1.165, 1.54) is 0 Å². The summed E-state index contributed by atoms with van der Waals surface area (Å²) < 4.78 is 13.0. The molecule has 1 N–H and O–H groups in total. The summed E-state index contributed by atoms with van der Waals surface area (Å²) in [5.41, 5.74) is 2.69. The van der Waals surface area contributed by atoms with E-state index >= 15 is 0 Å².